The number of ether oxygens (including phenoxy) is 1. The van der Waals surface area contributed by atoms with Crippen molar-refractivity contribution in [2.24, 2.45) is 0 Å². The maximum absolute atomic E-state index is 12.7. The molecule has 3 rings (SSSR count). The van der Waals surface area contributed by atoms with Crippen molar-refractivity contribution >= 4 is 23.7 Å². The number of amides is 1. The summed E-state index contributed by atoms with van der Waals surface area (Å²) in [5, 5.41) is 5.99. The van der Waals surface area contributed by atoms with E-state index in [1.54, 1.807) is 10.3 Å². The molecule has 0 unspecified atom stereocenters. The monoisotopic (exact) mass is 402 g/mol. The van der Waals surface area contributed by atoms with Gasteiger partial charge in [-0.3, -0.25) is 14.3 Å². The third-order valence-corrected chi connectivity index (χ3v) is 5.41. The van der Waals surface area contributed by atoms with Crippen molar-refractivity contribution in [1.82, 2.24) is 19.7 Å². The fraction of sp³-hybridized carbons (Fsp3) is 0.500. The average Bonchev–Trinajstić information content (AvgIpc) is 3.22. The summed E-state index contributed by atoms with van der Waals surface area (Å²) in [6.07, 6.45) is -3.16. The molecule has 0 N–H and O–H groups in total. The number of carbonyl (C=O) groups is 2. The molecule has 0 aromatic carbocycles. The van der Waals surface area contributed by atoms with Crippen LogP contribution in [0.3, 0.4) is 0 Å². The Bertz CT molecular complexity index is 825. The van der Waals surface area contributed by atoms with Gasteiger partial charge in [-0.15, -0.1) is 11.3 Å². The number of hydrogen-bond donors (Lipinski definition) is 0. The maximum Gasteiger partial charge on any atom is 0.435 e. The maximum atomic E-state index is 12.7. The summed E-state index contributed by atoms with van der Waals surface area (Å²) in [5.74, 6) is 0.155. The molecule has 11 heteroatoms. The minimum Gasteiger partial charge on any atom is -0.409 e. The van der Waals surface area contributed by atoms with Crippen molar-refractivity contribution in [3.05, 3.63) is 27.8 Å². The number of halogens is 3. The Hall–Kier alpha value is -2.43. The lowest BCUT2D eigenvalue weighted by molar-refractivity contribution is -0.142. The number of piperidine rings is 1. The normalized spacial score (nSPS) is 15.8. The van der Waals surface area contributed by atoms with Gasteiger partial charge in [0, 0.05) is 24.7 Å². The quantitative estimate of drug-likeness (QED) is 0.719. The SMILES string of the molecule is Cc1cc(C(F)(F)F)nn1CC(=O)N1CCC(c2nc(OC=O)cs2)CC1. The van der Waals surface area contributed by atoms with Crippen LogP contribution in [-0.4, -0.2) is 45.1 Å². The molecular weight excluding hydrogens is 385 g/mol. The topological polar surface area (TPSA) is 77.3 Å². The van der Waals surface area contributed by atoms with E-state index in [1.807, 2.05) is 0 Å². The zero-order chi connectivity index (χ0) is 19.6. The lowest BCUT2D eigenvalue weighted by atomic mass is 9.97. The fourth-order valence-corrected chi connectivity index (χ4v) is 3.88. The number of aryl methyl sites for hydroxylation is 1. The summed E-state index contributed by atoms with van der Waals surface area (Å²) in [5.41, 5.74) is -0.709. The number of aromatic nitrogens is 3. The van der Waals surface area contributed by atoms with Crippen LogP contribution in [0, 0.1) is 6.92 Å². The Balaban J connectivity index is 1.57. The van der Waals surface area contributed by atoms with Crippen LogP contribution in [0.1, 0.15) is 35.2 Å². The summed E-state index contributed by atoms with van der Waals surface area (Å²) in [4.78, 5) is 28.6. The van der Waals surface area contributed by atoms with Crippen molar-refractivity contribution in [3.63, 3.8) is 0 Å². The molecule has 1 aliphatic rings. The smallest absolute Gasteiger partial charge is 0.409 e. The van der Waals surface area contributed by atoms with Crippen LogP contribution in [0.5, 0.6) is 5.88 Å². The van der Waals surface area contributed by atoms with Crippen molar-refractivity contribution in [3.8, 4) is 5.88 Å². The molecule has 1 amide bonds. The van der Waals surface area contributed by atoms with Crippen LogP contribution >= 0.6 is 11.3 Å². The highest BCUT2D eigenvalue weighted by molar-refractivity contribution is 7.09. The van der Waals surface area contributed by atoms with E-state index in [-0.39, 0.29) is 29.9 Å². The van der Waals surface area contributed by atoms with Gasteiger partial charge in [-0.2, -0.15) is 18.3 Å². The number of likely N-dealkylation sites (tertiary alicyclic amines) is 1. The predicted molar refractivity (Wildman–Crippen MR) is 89.3 cm³/mol. The highest BCUT2D eigenvalue weighted by Crippen LogP contribution is 2.32. The zero-order valence-corrected chi connectivity index (χ0v) is 15.2. The number of thiazole rings is 1. The van der Waals surface area contributed by atoms with E-state index in [4.69, 9.17) is 4.74 Å². The molecule has 0 radical (unpaired) electrons. The number of nitrogens with zero attached hydrogens (tertiary/aromatic N) is 4. The number of hydrogen-bond acceptors (Lipinski definition) is 6. The Labute approximate surface area is 156 Å². The molecule has 146 valence electrons. The number of carbonyl (C=O) groups excluding carboxylic acids is 2. The second kappa shape index (κ2) is 7.67. The lowest BCUT2D eigenvalue weighted by Gasteiger charge is -2.31. The summed E-state index contributed by atoms with van der Waals surface area (Å²) in [7, 11) is 0. The lowest BCUT2D eigenvalue weighted by Crippen LogP contribution is -2.40. The standard InChI is InChI=1S/C16H17F3N4O3S/c1-10-6-12(16(17,18)19)21-23(10)7-14(25)22-4-2-11(3-5-22)15-20-13(8-27-15)26-9-24/h6,8-9,11H,2-5,7H2,1H3. The minimum absolute atomic E-state index is 0.159. The summed E-state index contributed by atoms with van der Waals surface area (Å²) in [6.45, 7) is 2.56. The van der Waals surface area contributed by atoms with Gasteiger partial charge in [0.25, 0.3) is 6.47 Å². The molecule has 0 spiro atoms. The summed E-state index contributed by atoms with van der Waals surface area (Å²) < 4.78 is 44.0. The molecule has 3 heterocycles. The molecule has 0 atom stereocenters. The van der Waals surface area contributed by atoms with E-state index >= 15 is 0 Å². The Morgan fingerprint density at radius 2 is 2.11 bits per heavy atom. The molecule has 7 nitrogen and oxygen atoms in total. The van der Waals surface area contributed by atoms with Crippen molar-refractivity contribution < 1.29 is 27.5 Å². The van der Waals surface area contributed by atoms with E-state index < -0.39 is 11.9 Å². The summed E-state index contributed by atoms with van der Waals surface area (Å²) >= 11 is 1.40. The first kappa shape index (κ1) is 19.3. The highest BCUT2D eigenvalue weighted by Gasteiger charge is 2.35. The second-order valence-electron chi connectivity index (χ2n) is 6.22. The van der Waals surface area contributed by atoms with Gasteiger partial charge in [0.2, 0.25) is 11.8 Å². The Morgan fingerprint density at radius 1 is 1.41 bits per heavy atom. The van der Waals surface area contributed by atoms with Gasteiger partial charge in [-0.25, -0.2) is 4.98 Å². The van der Waals surface area contributed by atoms with Gasteiger partial charge in [-0.05, 0) is 25.8 Å². The third-order valence-electron chi connectivity index (χ3n) is 4.42. The Morgan fingerprint density at radius 3 is 2.70 bits per heavy atom. The molecule has 0 aliphatic carbocycles. The Kier molecular flexibility index (Phi) is 5.49. The van der Waals surface area contributed by atoms with Gasteiger partial charge in [-0.1, -0.05) is 0 Å². The van der Waals surface area contributed by atoms with E-state index in [0.717, 1.165) is 15.8 Å². The molecule has 0 saturated carbocycles. The van der Waals surface area contributed by atoms with E-state index in [0.29, 0.717) is 32.4 Å². The van der Waals surface area contributed by atoms with Crippen LogP contribution < -0.4 is 4.74 Å². The number of alkyl halides is 3. The first-order valence-corrected chi connectivity index (χ1v) is 9.11. The van der Waals surface area contributed by atoms with Crippen LogP contribution in [0.2, 0.25) is 0 Å². The molecular formula is C16H17F3N4O3S. The molecule has 2 aromatic rings. The van der Waals surface area contributed by atoms with Crippen LogP contribution in [-0.2, 0) is 22.3 Å². The van der Waals surface area contributed by atoms with E-state index in [9.17, 15) is 22.8 Å². The number of rotatable bonds is 5. The highest BCUT2D eigenvalue weighted by atomic mass is 32.1. The first-order valence-electron chi connectivity index (χ1n) is 8.23. The molecule has 1 saturated heterocycles. The van der Waals surface area contributed by atoms with E-state index in [1.165, 1.54) is 18.3 Å². The van der Waals surface area contributed by atoms with Gasteiger partial charge < -0.3 is 9.64 Å². The average molecular weight is 402 g/mol. The molecule has 1 fully saturated rings. The van der Waals surface area contributed by atoms with Gasteiger partial charge in [0.05, 0.1) is 10.4 Å². The zero-order valence-electron chi connectivity index (χ0n) is 14.4. The molecule has 2 aromatic heterocycles. The summed E-state index contributed by atoms with van der Waals surface area (Å²) in [6, 6.07) is 0.932. The molecule has 1 aliphatic heterocycles. The third kappa shape index (κ3) is 4.46. The van der Waals surface area contributed by atoms with Crippen molar-refractivity contribution in [2.45, 2.75) is 38.4 Å². The van der Waals surface area contributed by atoms with Gasteiger partial charge >= 0.3 is 6.18 Å². The fourth-order valence-electron chi connectivity index (χ4n) is 2.98. The molecule has 27 heavy (non-hydrogen) atoms. The molecule has 0 bridgehead atoms. The van der Waals surface area contributed by atoms with Crippen LogP contribution in [0.25, 0.3) is 0 Å². The minimum atomic E-state index is -4.53. The van der Waals surface area contributed by atoms with Crippen LogP contribution in [0.4, 0.5) is 13.2 Å². The largest absolute Gasteiger partial charge is 0.435 e. The van der Waals surface area contributed by atoms with Gasteiger partial charge in [0.1, 0.15) is 6.54 Å². The first-order chi connectivity index (χ1) is 12.8. The van der Waals surface area contributed by atoms with Crippen molar-refractivity contribution in [2.75, 3.05) is 13.1 Å². The second-order valence-corrected chi connectivity index (χ2v) is 7.11. The van der Waals surface area contributed by atoms with E-state index in [2.05, 4.69) is 10.1 Å². The van der Waals surface area contributed by atoms with Crippen molar-refractivity contribution in [1.29, 1.82) is 0 Å². The van der Waals surface area contributed by atoms with Crippen LogP contribution in [0.15, 0.2) is 11.4 Å². The predicted octanol–water partition coefficient (Wildman–Crippen LogP) is 2.61. The van der Waals surface area contributed by atoms with Gasteiger partial charge in [0.15, 0.2) is 5.69 Å².